The predicted molar refractivity (Wildman–Crippen MR) is 45.4 cm³/mol. The van der Waals surface area contributed by atoms with Crippen LogP contribution in [0.1, 0.15) is 13.3 Å². The first-order valence-electron chi connectivity index (χ1n) is 3.82. The van der Waals surface area contributed by atoms with Gasteiger partial charge in [-0.15, -0.1) is 0 Å². The van der Waals surface area contributed by atoms with Gasteiger partial charge in [-0.1, -0.05) is 6.92 Å². The Bertz CT molecular complexity index is 179. The van der Waals surface area contributed by atoms with E-state index in [4.69, 9.17) is 4.74 Å². The van der Waals surface area contributed by atoms with Crippen LogP contribution in [0.3, 0.4) is 0 Å². The van der Waals surface area contributed by atoms with Crippen molar-refractivity contribution in [3.8, 4) is 0 Å². The smallest absolute Gasteiger partial charge is 0.265 e. The first-order chi connectivity index (χ1) is 5.75. The number of carbonyl (C=O) groups is 2. The van der Waals surface area contributed by atoms with Crippen molar-refractivity contribution in [1.82, 2.24) is 4.31 Å². The lowest BCUT2D eigenvalue weighted by Crippen LogP contribution is -2.41. The molecule has 1 aliphatic rings. The van der Waals surface area contributed by atoms with E-state index in [1.807, 2.05) is 6.92 Å². The van der Waals surface area contributed by atoms with E-state index in [9.17, 15) is 9.59 Å². The normalized spacial score (nSPS) is 18.6. The number of nitrogens with zero attached hydrogens (tertiary/aromatic N) is 1. The molecule has 0 aliphatic carbocycles. The number of hydrogen-bond acceptors (Lipinski definition) is 4. The van der Waals surface area contributed by atoms with E-state index < -0.39 is 0 Å². The minimum absolute atomic E-state index is 0.0302. The van der Waals surface area contributed by atoms with Crippen LogP contribution in [0.2, 0.25) is 0 Å². The largest absolute Gasteiger partial charge is 0.362 e. The highest BCUT2D eigenvalue weighted by molar-refractivity contribution is 7.98. The summed E-state index contributed by atoms with van der Waals surface area (Å²) in [6, 6.07) is 0. The van der Waals surface area contributed by atoms with Crippen molar-refractivity contribution in [2.45, 2.75) is 13.3 Å². The Hall–Kier alpha value is -0.550. The van der Waals surface area contributed by atoms with E-state index in [0.29, 0.717) is 0 Å². The van der Waals surface area contributed by atoms with Crippen LogP contribution in [0.15, 0.2) is 0 Å². The van der Waals surface area contributed by atoms with Gasteiger partial charge in [0.15, 0.2) is 0 Å². The zero-order chi connectivity index (χ0) is 8.97. The first-order valence-corrected chi connectivity index (χ1v) is 4.76. The summed E-state index contributed by atoms with van der Waals surface area (Å²) in [4.78, 5) is 22.1. The monoisotopic (exact) mass is 189 g/mol. The Morgan fingerprint density at radius 3 is 2.50 bits per heavy atom. The number of imide groups is 1. The van der Waals surface area contributed by atoms with Gasteiger partial charge in [-0.2, -0.15) is 0 Å². The molecule has 0 spiro atoms. The molecule has 1 aliphatic heterocycles. The summed E-state index contributed by atoms with van der Waals surface area (Å²) in [6.45, 7) is 2.06. The molecule has 0 N–H and O–H groups in total. The second-order valence-corrected chi connectivity index (χ2v) is 3.44. The fourth-order valence-electron chi connectivity index (χ4n) is 0.809. The first kappa shape index (κ1) is 9.54. The van der Waals surface area contributed by atoms with E-state index in [2.05, 4.69) is 0 Å². The molecule has 68 valence electrons. The maximum absolute atomic E-state index is 11.1. The molecule has 1 fully saturated rings. The third-order valence-corrected chi connectivity index (χ3v) is 2.58. The van der Waals surface area contributed by atoms with Crippen LogP contribution in [-0.2, 0) is 14.3 Å². The van der Waals surface area contributed by atoms with Gasteiger partial charge in [0.25, 0.3) is 11.8 Å². The fourth-order valence-corrected chi connectivity index (χ4v) is 1.57. The Morgan fingerprint density at radius 1 is 1.42 bits per heavy atom. The van der Waals surface area contributed by atoms with Crippen molar-refractivity contribution in [3.05, 3.63) is 0 Å². The topological polar surface area (TPSA) is 46.6 Å². The van der Waals surface area contributed by atoms with E-state index in [1.54, 1.807) is 0 Å². The van der Waals surface area contributed by atoms with E-state index in [1.165, 1.54) is 16.3 Å². The molecule has 5 heteroatoms. The second-order valence-electron chi connectivity index (χ2n) is 2.41. The van der Waals surface area contributed by atoms with Gasteiger partial charge >= 0.3 is 0 Å². The summed E-state index contributed by atoms with van der Waals surface area (Å²) in [7, 11) is 0. The van der Waals surface area contributed by atoms with Crippen molar-refractivity contribution < 1.29 is 14.3 Å². The summed E-state index contributed by atoms with van der Waals surface area (Å²) >= 11 is 1.27. The zero-order valence-corrected chi connectivity index (χ0v) is 7.73. The van der Waals surface area contributed by atoms with Gasteiger partial charge in [0.2, 0.25) is 0 Å². The maximum atomic E-state index is 11.1. The highest BCUT2D eigenvalue weighted by atomic mass is 32.2. The molecule has 0 unspecified atom stereocenters. The number of carbonyl (C=O) groups excluding carboxylic acids is 2. The van der Waals surface area contributed by atoms with Crippen molar-refractivity contribution in [2.75, 3.05) is 19.0 Å². The van der Waals surface area contributed by atoms with Gasteiger partial charge < -0.3 is 4.74 Å². The Balaban J connectivity index is 2.45. The zero-order valence-electron chi connectivity index (χ0n) is 6.91. The van der Waals surface area contributed by atoms with Crippen LogP contribution in [0.5, 0.6) is 0 Å². The number of ether oxygens (including phenoxy) is 1. The molecule has 0 aromatic carbocycles. The molecule has 0 bridgehead atoms. The number of morpholine rings is 1. The van der Waals surface area contributed by atoms with Gasteiger partial charge in [0, 0.05) is 5.75 Å². The molecular formula is C7H11NO3S. The molecule has 0 atom stereocenters. The maximum Gasteiger partial charge on any atom is 0.265 e. The number of hydrogen-bond donors (Lipinski definition) is 0. The molecule has 1 saturated heterocycles. The standard InChI is InChI=1S/C7H11NO3S/c1-2-3-12-8-6(9)4-11-5-7(8)10/h2-5H2,1H3. The molecule has 0 aromatic rings. The lowest BCUT2D eigenvalue weighted by atomic mass is 10.5. The molecule has 12 heavy (non-hydrogen) atoms. The highest BCUT2D eigenvalue weighted by Gasteiger charge is 2.26. The third kappa shape index (κ3) is 2.22. The minimum Gasteiger partial charge on any atom is -0.362 e. The summed E-state index contributed by atoms with van der Waals surface area (Å²) in [5.41, 5.74) is 0. The summed E-state index contributed by atoms with van der Waals surface area (Å²) in [6.07, 6.45) is 0.947. The van der Waals surface area contributed by atoms with Gasteiger partial charge in [0.1, 0.15) is 13.2 Å². The van der Waals surface area contributed by atoms with E-state index in [0.717, 1.165) is 12.2 Å². The minimum atomic E-state index is -0.246. The van der Waals surface area contributed by atoms with Crippen LogP contribution >= 0.6 is 11.9 Å². The molecular weight excluding hydrogens is 178 g/mol. The van der Waals surface area contributed by atoms with Crippen LogP contribution in [0.4, 0.5) is 0 Å². The fraction of sp³-hybridized carbons (Fsp3) is 0.714. The molecule has 0 radical (unpaired) electrons. The van der Waals surface area contributed by atoms with Crippen LogP contribution in [0.25, 0.3) is 0 Å². The average Bonchev–Trinajstić information content (AvgIpc) is 2.04. The lowest BCUT2D eigenvalue weighted by Gasteiger charge is -2.22. The summed E-state index contributed by atoms with van der Waals surface area (Å²) in [5, 5.41) is 0. The molecule has 0 saturated carbocycles. The number of rotatable bonds is 3. The lowest BCUT2D eigenvalue weighted by molar-refractivity contribution is -0.150. The highest BCUT2D eigenvalue weighted by Crippen LogP contribution is 2.14. The van der Waals surface area contributed by atoms with E-state index >= 15 is 0 Å². The Labute approximate surface area is 75.4 Å². The third-order valence-electron chi connectivity index (χ3n) is 1.33. The molecule has 1 rings (SSSR count). The Kier molecular flexibility index (Phi) is 3.55. The van der Waals surface area contributed by atoms with Crippen molar-refractivity contribution >= 4 is 23.8 Å². The Morgan fingerprint density at radius 2 is 2.00 bits per heavy atom. The van der Waals surface area contributed by atoms with Crippen molar-refractivity contribution in [2.24, 2.45) is 0 Å². The summed E-state index contributed by atoms with van der Waals surface area (Å²) in [5.74, 6) is 0.298. The van der Waals surface area contributed by atoms with Crippen LogP contribution in [0, 0.1) is 0 Å². The number of amides is 2. The quantitative estimate of drug-likeness (QED) is 0.477. The van der Waals surface area contributed by atoms with Gasteiger partial charge in [-0.05, 0) is 18.4 Å². The SMILES string of the molecule is CCCSN1C(=O)COCC1=O. The van der Waals surface area contributed by atoms with Crippen molar-refractivity contribution in [3.63, 3.8) is 0 Å². The van der Waals surface area contributed by atoms with Gasteiger partial charge in [-0.25, -0.2) is 4.31 Å². The second kappa shape index (κ2) is 4.47. The van der Waals surface area contributed by atoms with E-state index in [-0.39, 0.29) is 25.0 Å². The van der Waals surface area contributed by atoms with Crippen LogP contribution < -0.4 is 0 Å². The van der Waals surface area contributed by atoms with Gasteiger partial charge in [-0.3, -0.25) is 9.59 Å². The van der Waals surface area contributed by atoms with Crippen LogP contribution in [-0.4, -0.2) is 35.1 Å². The molecule has 2 amide bonds. The van der Waals surface area contributed by atoms with Gasteiger partial charge in [0.05, 0.1) is 0 Å². The summed E-state index contributed by atoms with van der Waals surface area (Å²) < 4.78 is 5.95. The molecule has 4 nitrogen and oxygen atoms in total. The van der Waals surface area contributed by atoms with Crippen molar-refractivity contribution in [1.29, 1.82) is 0 Å². The average molecular weight is 189 g/mol. The molecule has 0 aromatic heterocycles. The predicted octanol–water partition coefficient (Wildman–Crippen LogP) is 0.430. The molecule has 1 heterocycles.